The van der Waals surface area contributed by atoms with Gasteiger partial charge in [-0.3, -0.25) is 0 Å². The Morgan fingerprint density at radius 2 is 1.62 bits per heavy atom. The van der Waals surface area contributed by atoms with Gasteiger partial charge in [0.25, 0.3) is 0 Å². The number of nitrogens with one attached hydrogen (secondary N) is 1. The van der Waals surface area contributed by atoms with Crippen LogP contribution in [0.1, 0.15) is 66.2 Å². The summed E-state index contributed by atoms with van der Waals surface area (Å²) < 4.78 is 9.82. The minimum absolute atomic E-state index is 0.401. The van der Waals surface area contributed by atoms with Gasteiger partial charge in [0.15, 0.2) is 0 Å². The molecule has 0 fully saturated rings. The molecule has 0 rings (SSSR count). The van der Waals surface area contributed by atoms with Crippen molar-refractivity contribution in [3.63, 3.8) is 0 Å². The summed E-state index contributed by atoms with van der Waals surface area (Å²) in [5.41, 5.74) is -0.424. The Morgan fingerprint density at radius 1 is 1.05 bits per heavy atom. The zero-order chi connectivity index (χ0) is 16.3. The summed E-state index contributed by atoms with van der Waals surface area (Å²) in [4.78, 5) is 23.4. The molecule has 0 saturated heterocycles. The topological polar surface area (TPSA) is 64.6 Å². The van der Waals surface area contributed by atoms with Crippen molar-refractivity contribution in [3.05, 3.63) is 0 Å². The van der Waals surface area contributed by atoms with Gasteiger partial charge in [-0.25, -0.2) is 9.59 Å². The van der Waals surface area contributed by atoms with Crippen molar-refractivity contribution in [2.75, 3.05) is 13.7 Å². The first-order valence-electron chi connectivity index (χ1n) is 7.84. The van der Waals surface area contributed by atoms with E-state index in [4.69, 9.17) is 4.74 Å². The molecule has 0 aromatic heterocycles. The van der Waals surface area contributed by atoms with Crippen LogP contribution >= 0.6 is 0 Å². The van der Waals surface area contributed by atoms with Crippen molar-refractivity contribution >= 4 is 12.1 Å². The predicted octanol–water partition coefficient (Wildman–Crippen LogP) is 3.66. The molecule has 0 heterocycles. The summed E-state index contributed by atoms with van der Waals surface area (Å²) in [6, 6.07) is -0.704. The summed E-state index contributed by atoms with van der Waals surface area (Å²) in [6.07, 6.45) is 6.21. The number of amides is 1. The van der Waals surface area contributed by atoms with Crippen molar-refractivity contribution in [3.8, 4) is 0 Å². The Labute approximate surface area is 128 Å². The van der Waals surface area contributed by atoms with E-state index in [1.54, 1.807) is 0 Å². The highest BCUT2D eigenvalue weighted by Gasteiger charge is 2.34. The molecule has 0 aromatic carbocycles. The molecule has 124 valence electrons. The molecule has 0 aliphatic heterocycles. The summed E-state index contributed by atoms with van der Waals surface area (Å²) in [6.45, 7) is 8.21. The van der Waals surface area contributed by atoms with E-state index in [1.807, 2.05) is 20.8 Å². The molecule has 1 N–H and O–H groups in total. The molecule has 1 atom stereocenters. The maximum Gasteiger partial charge on any atom is 0.407 e. The fourth-order valence-corrected chi connectivity index (χ4v) is 1.94. The molecule has 0 aliphatic rings. The zero-order valence-corrected chi connectivity index (χ0v) is 14.2. The van der Waals surface area contributed by atoms with Crippen molar-refractivity contribution < 1.29 is 19.1 Å². The van der Waals surface area contributed by atoms with E-state index in [1.165, 1.54) is 32.8 Å². The highest BCUT2D eigenvalue weighted by Crippen LogP contribution is 2.20. The van der Waals surface area contributed by atoms with Crippen molar-refractivity contribution in [1.29, 1.82) is 0 Å². The van der Waals surface area contributed by atoms with Crippen molar-refractivity contribution in [2.45, 2.75) is 72.3 Å². The predicted molar refractivity (Wildman–Crippen MR) is 83.1 cm³/mol. The highest BCUT2D eigenvalue weighted by atomic mass is 16.5. The number of hydrogen-bond donors (Lipinski definition) is 1. The Kier molecular flexibility index (Phi) is 9.84. The lowest BCUT2D eigenvalue weighted by atomic mass is 9.87. The lowest BCUT2D eigenvalue weighted by molar-refractivity contribution is -0.149. The number of esters is 1. The standard InChI is InChI=1S/C16H31NO4/c1-6-7-8-9-10-11-12-21-14(18)13(16(2,3)4)17-15(19)20-5/h13H,6-12H2,1-5H3,(H,17,19). The minimum Gasteiger partial charge on any atom is -0.464 e. The molecule has 0 aromatic rings. The third kappa shape index (κ3) is 9.32. The maximum atomic E-state index is 12.1. The Hall–Kier alpha value is -1.26. The number of unbranched alkanes of at least 4 members (excludes halogenated alkanes) is 5. The van der Waals surface area contributed by atoms with E-state index >= 15 is 0 Å². The molecule has 1 unspecified atom stereocenters. The number of methoxy groups -OCH3 is 1. The molecular formula is C16H31NO4. The van der Waals surface area contributed by atoms with E-state index in [-0.39, 0.29) is 0 Å². The summed E-state index contributed by atoms with van der Waals surface area (Å²) in [5, 5.41) is 2.54. The van der Waals surface area contributed by atoms with Gasteiger partial charge in [-0.05, 0) is 11.8 Å². The van der Waals surface area contributed by atoms with Crippen molar-refractivity contribution in [2.24, 2.45) is 5.41 Å². The molecule has 0 aliphatic carbocycles. The van der Waals surface area contributed by atoms with Gasteiger partial charge in [-0.2, -0.15) is 0 Å². The number of ether oxygens (including phenoxy) is 2. The van der Waals surface area contributed by atoms with Crippen LogP contribution in [0.25, 0.3) is 0 Å². The van der Waals surface area contributed by atoms with Crippen LogP contribution in [0.5, 0.6) is 0 Å². The average molecular weight is 301 g/mol. The Morgan fingerprint density at radius 3 is 2.14 bits per heavy atom. The molecule has 5 heteroatoms. The second kappa shape index (κ2) is 10.5. The number of alkyl carbamates (subject to hydrolysis) is 1. The SMILES string of the molecule is CCCCCCCCOC(=O)C(NC(=O)OC)C(C)(C)C. The van der Waals surface area contributed by atoms with Crippen molar-refractivity contribution in [1.82, 2.24) is 5.32 Å². The minimum atomic E-state index is -0.704. The van der Waals surface area contributed by atoms with Gasteiger partial charge in [0.1, 0.15) is 6.04 Å². The van der Waals surface area contributed by atoms with Gasteiger partial charge < -0.3 is 14.8 Å². The van der Waals surface area contributed by atoms with Gasteiger partial charge in [0, 0.05) is 0 Å². The summed E-state index contributed by atoms with van der Waals surface area (Å²) in [7, 11) is 1.27. The molecule has 0 radical (unpaired) electrons. The van der Waals surface area contributed by atoms with Gasteiger partial charge in [-0.15, -0.1) is 0 Å². The van der Waals surface area contributed by atoms with E-state index in [0.717, 1.165) is 12.8 Å². The summed E-state index contributed by atoms with van der Waals surface area (Å²) >= 11 is 0. The van der Waals surface area contributed by atoms with Crippen LogP contribution in [0.4, 0.5) is 4.79 Å². The van der Waals surface area contributed by atoms with E-state index in [2.05, 4.69) is 17.0 Å². The maximum absolute atomic E-state index is 12.1. The van der Waals surface area contributed by atoms with E-state index in [9.17, 15) is 9.59 Å². The number of hydrogen-bond acceptors (Lipinski definition) is 4. The molecule has 21 heavy (non-hydrogen) atoms. The number of carbonyl (C=O) groups excluding carboxylic acids is 2. The van der Waals surface area contributed by atoms with E-state index in [0.29, 0.717) is 6.61 Å². The van der Waals surface area contributed by atoms with Crippen LogP contribution < -0.4 is 5.32 Å². The monoisotopic (exact) mass is 301 g/mol. The molecule has 1 amide bonds. The number of carbonyl (C=O) groups is 2. The molecule has 0 saturated carbocycles. The Balaban J connectivity index is 4.10. The zero-order valence-electron chi connectivity index (χ0n) is 14.2. The van der Waals surface area contributed by atoms with Gasteiger partial charge in [-0.1, -0.05) is 59.8 Å². The first-order valence-corrected chi connectivity index (χ1v) is 7.84. The smallest absolute Gasteiger partial charge is 0.407 e. The lowest BCUT2D eigenvalue weighted by Gasteiger charge is -2.28. The van der Waals surface area contributed by atoms with Crippen LogP contribution in [-0.4, -0.2) is 31.8 Å². The van der Waals surface area contributed by atoms with Crippen LogP contribution in [0, 0.1) is 5.41 Å². The second-order valence-electron chi connectivity index (χ2n) is 6.37. The Bertz CT molecular complexity index is 310. The molecule has 5 nitrogen and oxygen atoms in total. The first kappa shape index (κ1) is 19.7. The van der Waals surface area contributed by atoms with Crippen LogP contribution in [0.3, 0.4) is 0 Å². The van der Waals surface area contributed by atoms with E-state index < -0.39 is 23.5 Å². The largest absolute Gasteiger partial charge is 0.464 e. The van der Waals surface area contributed by atoms with Crippen LogP contribution in [-0.2, 0) is 14.3 Å². The fraction of sp³-hybridized carbons (Fsp3) is 0.875. The highest BCUT2D eigenvalue weighted by molar-refractivity contribution is 5.82. The second-order valence-corrected chi connectivity index (χ2v) is 6.37. The fourth-order valence-electron chi connectivity index (χ4n) is 1.94. The van der Waals surface area contributed by atoms with Gasteiger partial charge in [0.05, 0.1) is 13.7 Å². The molecule has 0 spiro atoms. The normalized spacial score (nSPS) is 12.6. The number of rotatable bonds is 9. The third-order valence-electron chi connectivity index (χ3n) is 3.29. The summed E-state index contributed by atoms with van der Waals surface area (Å²) in [5.74, 6) is -0.401. The van der Waals surface area contributed by atoms with Gasteiger partial charge >= 0.3 is 12.1 Å². The first-order chi connectivity index (χ1) is 9.82. The molecule has 0 bridgehead atoms. The van der Waals surface area contributed by atoms with Crippen LogP contribution in [0.2, 0.25) is 0 Å². The lowest BCUT2D eigenvalue weighted by Crippen LogP contribution is -2.49. The van der Waals surface area contributed by atoms with Crippen LogP contribution in [0.15, 0.2) is 0 Å². The average Bonchev–Trinajstić information content (AvgIpc) is 2.41. The molecular weight excluding hydrogens is 270 g/mol. The van der Waals surface area contributed by atoms with Gasteiger partial charge in [0.2, 0.25) is 0 Å². The quantitative estimate of drug-likeness (QED) is 0.521. The third-order valence-corrected chi connectivity index (χ3v) is 3.29.